The first kappa shape index (κ1) is 13.7. The smallest absolute Gasteiger partial charge is 0.329 e. The summed E-state index contributed by atoms with van der Waals surface area (Å²) in [7, 11) is 1.53. The molecule has 0 aliphatic rings. The van der Waals surface area contributed by atoms with Crippen molar-refractivity contribution >= 4 is 23.2 Å². The monoisotopic (exact) mass is 255 g/mol. The summed E-state index contributed by atoms with van der Waals surface area (Å²) in [5.41, 5.74) is -1.16. The van der Waals surface area contributed by atoms with Gasteiger partial charge in [-0.3, -0.25) is 4.79 Å². The summed E-state index contributed by atoms with van der Waals surface area (Å²) in [5.74, 6) is -1.14. The third kappa shape index (κ3) is 3.30. The molecule has 0 unspecified atom stereocenters. The summed E-state index contributed by atoms with van der Waals surface area (Å²) in [6, 6.07) is 3.91. The third-order valence-corrected chi connectivity index (χ3v) is 3.84. The summed E-state index contributed by atoms with van der Waals surface area (Å²) in [4.78, 5) is 25.3. The maximum Gasteiger partial charge on any atom is 0.329 e. The van der Waals surface area contributed by atoms with E-state index in [-0.39, 0.29) is 5.91 Å². The average Bonchev–Trinajstić information content (AvgIpc) is 2.77. The van der Waals surface area contributed by atoms with Crippen LogP contribution >= 0.6 is 11.3 Å². The molecule has 0 atom stereocenters. The van der Waals surface area contributed by atoms with Crippen molar-refractivity contribution in [2.75, 3.05) is 7.05 Å². The van der Waals surface area contributed by atoms with Gasteiger partial charge in [0.15, 0.2) is 0 Å². The molecular formula is C12H17NO3S. The van der Waals surface area contributed by atoms with Gasteiger partial charge in [-0.25, -0.2) is 4.79 Å². The van der Waals surface area contributed by atoms with Gasteiger partial charge in [-0.1, -0.05) is 6.07 Å². The molecule has 0 fully saturated rings. The summed E-state index contributed by atoms with van der Waals surface area (Å²) in [6.45, 7) is 3.05. The maximum atomic E-state index is 11.9. The molecule has 1 heterocycles. The van der Waals surface area contributed by atoms with Crippen molar-refractivity contribution in [3.8, 4) is 0 Å². The quantitative estimate of drug-likeness (QED) is 0.875. The van der Waals surface area contributed by atoms with E-state index in [4.69, 9.17) is 5.11 Å². The number of hydrogen-bond donors (Lipinski definition) is 1. The second-order valence-corrected chi connectivity index (χ2v) is 5.43. The highest BCUT2D eigenvalue weighted by Gasteiger charge is 2.34. The predicted molar refractivity (Wildman–Crippen MR) is 67.1 cm³/mol. The second-order valence-electron chi connectivity index (χ2n) is 4.40. The molecule has 0 aromatic carbocycles. The van der Waals surface area contributed by atoms with Crippen LogP contribution in [-0.2, 0) is 16.0 Å². The molecule has 1 amide bonds. The van der Waals surface area contributed by atoms with Gasteiger partial charge >= 0.3 is 5.97 Å². The fraction of sp³-hybridized carbons (Fsp3) is 0.500. The number of amides is 1. The SMILES string of the molecule is CN(C(=O)CCc1cccs1)C(C)(C)C(=O)O. The van der Waals surface area contributed by atoms with E-state index in [1.165, 1.54) is 25.8 Å². The Morgan fingerprint density at radius 3 is 2.59 bits per heavy atom. The molecule has 1 aromatic rings. The van der Waals surface area contributed by atoms with Gasteiger partial charge in [0.25, 0.3) is 0 Å². The van der Waals surface area contributed by atoms with E-state index < -0.39 is 11.5 Å². The van der Waals surface area contributed by atoms with Gasteiger partial charge in [-0.05, 0) is 31.7 Å². The Morgan fingerprint density at radius 2 is 2.12 bits per heavy atom. The number of thiophene rings is 1. The first-order chi connectivity index (χ1) is 7.85. The van der Waals surface area contributed by atoms with Crippen molar-refractivity contribution in [3.05, 3.63) is 22.4 Å². The first-order valence-corrected chi connectivity index (χ1v) is 6.26. The van der Waals surface area contributed by atoms with Gasteiger partial charge in [0.2, 0.25) is 5.91 Å². The zero-order chi connectivity index (χ0) is 13.1. The van der Waals surface area contributed by atoms with Crippen LogP contribution in [0.1, 0.15) is 25.1 Å². The van der Waals surface area contributed by atoms with Crippen molar-refractivity contribution in [1.29, 1.82) is 0 Å². The van der Waals surface area contributed by atoms with Gasteiger partial charge in [-0.15, -0.1) is 11.3 Å². The van der Waals surface area contributed by atoms with Crippen molar-refractivity contribution in [2.24, 2.45) is 0 Å². The molecule has 0 saturated heterocycles. The summed E-state index contributed by atoms with van der Waals surface area (Å²) in [6.07, 6.45) is 1.00. The highest BCUT2D eigenvalue weighted by atomic mass is 32.1. The Kier molecular flexibility index (Phi) is 4.28. The molecule has 0 spiro atoms. The molecule has 0 aliphatic heterocycles. The minimum absolute atomic E-state index is 0.147. The van der Waals surface area contributed by atoms with Gasteiger partial charge in [0.05, 0.1) is 0 Å². The van der Waals surface area contributed by atoms with Crippen LogP contribution in [0.2, 0.25) is 0 Å². The van der Waals surface area contributed by atoms with Crippen LogP contribution in [0.25, 0.3) is 0 Å². The third-order valence-electron chi connectivity index (χ3n) is 2.90. The van der Waals surface area contributed by atoms with E-state index >= 15 is 0 Å². The fourth-order valence-corrected chi connectivity index (χ4v) is 2.02. The zero-order valence-electron chi connectivity index (χ0n) is 10.3. The van der Waals surface area contributed by atoms with Crippen LogP contribution in [0, 0.1) is 0 Å². The lowest BCUT2D eigenvalue weighted by Gasteiger charge is -2.31. The summed E-state index contributed by atoms with van der Waals surface area (Å²) >= 11 is 1.60. The van der Waals surface area contributed by atoms with Crippen molar-refractivity contribution in [3.63, 3.8) is 0 Å². The lowest BCUT2D eigenvalue weighted by Crippen LogP contribution is -2.50. The minimum Gasteiger partial charge on any atom is -0.480 e. The van der Waals surface area contributed by atoms with E-state index in [0.29, 0.717) is 12.8 Å². The van der Waals surface area contributed by atoms with E-state index in [1.54, 1.807) is 11.3 Å². The molecule has 17 heavy (non-hydrogen) atoms. The van der Waals surface area contributed by atoms with E-state index in [0.717, 1.165) is 4.88 Å². The van der Waals surface area contributed by atoms with Crippen LogP contribution in [-0.4, -0.2) is 34.5 Å². The highest BCUT2D eigenvalue weighted by Crippen LogP contribution is 2.16. The number of aliphatic carboxylic acids is 1. The Balaban J connectivity index is 2.56. The molecule has 5 heteroatoms. The van der Waals surface area contributed by atoms with E-state index in [1.807, 2.05) is 17.5 Å². The standard InChI is InChI=1S/C12H17NO3S/c1-12(2,11(15)16)13(3)10(14)7-6-9-5-4-8-17-9/h4-5,8H,6-7H2,1-3H3,(H,15,16). The molecule has 4 nitrogen and oxygen atoms in total. The number of hydrogen-bond acceptors (Lipinski definition) is 3. The Morgan fingerprint density at radius 1 is 1.47 bits per heavy atom. The minimum atomic E-state index is -1.16. The predicted octanol–water partition coefficient (Wildman–Crippen LogP) is 2.00. The van der Waals surface area contributed by atoms with Gasteiger partial charge in [0.1, 0.15) is 5.54 Å². The van der Waals surface area contributed by atoms with Crippen LogP contribution < -0.4 is 0 Å². The molecule has 0 bridgehead atoms. The number of carbonyl (C=O) groups excluding carboxylic acids is 1. The van der Waals surface area contributed by atoms with Crippen LogP contribution in [0.4, 0.5) is 0 Å². The Bertz CT molecular complexity index is 398. The average molecular weight is 255 g/mol. The van der Waals surface area contributed by atoms with E-state index in [2.05, 4.69) is 0 Å². The summed E-state index contributed by atoms with van der Waals surface area (Å²) < 4.78 is 0. The number of carboxylic acid groups (broad SMARTS) is 1. The normalized spacial score (nSPS) is 11.2. The molecule has 0 aliphatic carbocycles. The van der Waals surface area contributed by atoms with Crippen molar-refractivity contribution in [1.82, 2.24) is 4.90 Å². The summed E-state index contributed by atoms with van der Waals surface area (Å²) in [5, 5.41) is 11.0. The number of carboxylic acids is 1. The second kappa shape index (κ2) is 5.31. The molecule has 94 valence electrons. The van der Waals surface area contributed by atoms with Crippen LogP contribution in [0.5, 0.6) is 0 Å². The lowest BCUT2D eigenvalue weighted by atomic mass is 10.0. The number of aryl methyl sites for hydroxylation is 1. The first-order valence-electron chi connectivity index (χ1n) is 5.38. The molecule has 0 saturated carbocycles. The van der Waals surface area contributed by atoms with Crippen LogP contribution in [0.15, 0.2) is 17.5 Å². The number of carbonyl (C=O) groups is 2. The van der Waals surface area contributed by atoms with Crippen molar-refractivity contribution < 1.29 is 14.7 Å². The zero-order valence-corrected chi connectivity index (χ0v) is 11.1. The van der Waals surface area contributed by atoms with Gasteiger partial charge in [0, 0.05) is 18.3 Å². The molecule has 1 aromatic heterocycles. The van der Waals surface area contributed by atoms with Crippen LogP contribution in [0.3, 0.4) is 0 Å². The van der Waals surface area contributed by atoms with Crippen molar-refractivity contribution in [2.45, 2.75) is 32.2 Å². The van der Waals surface area contributed by atoms with Gasteiger partial charge < -0.3 is 10.0 Å². The Hall–Kier alpha value is -1.36. The number of nitrogens with zero attached hydrogens (tertiary/aromatic N) is 1. The molecule has 1 rings (SSSR count). The molecular weight excluding hydrogens is 238 g/mol. The van der Waals surface area contributed by atoms with Gasteiger partial charge in [-0.2, -0.15) is 0 Å². The molecule has 0 radical (unpaired) electrons. The maximum absolute atomic E-state index is 11.9. The lowest BCUT2D eigenvalue weighted by molar-refractivity contribution is -0.155. The van der Waals surface area contributed by atoms with E-state index in [9.17, 15) is 9.59 Å². The Labute approximate surface area is 105 Å². The number of likely N-dealkylation sites (N-methyl/N-ethyl adjacent to an activating group) is 1. The fourth-order valence-electron chi connectivity index (χ4n) is 1.31. The highest BCUT2D eigenvalue weighted by molar-refractivity contribution is 7.09. The molecule has 1 N–H and O–H groups in total. The number of rotatable bonds is 5. The largest absolute Gasteiger partial charge is 0.480 e. The topological polar surface area (TPSA) is 57.6 Å².